The summed E-state index contributed by atoms with van der Waals surface area (Å²) in [5.41, 5.74) is 1.29. The van der Waals surface area contributed by atoms with Crippen LogP contribution in [0.25, 0.3) is 33.4 Å². The molecule has 2 aromatic heterocycles. The van der Waals surface area contributed by atoms with E-state index in [2.05, 4.69) is 20.6 Å². The zero-order valence-corrected chi connectivity index (χ0v) is 22.8. The normalized spacial score (nSPS) is 13.5. The van der Waals surface area contributed by atoms with Crippen LogP contribution in [0.4, 0.5) is 8.78 Å². The van der Waals surface area contributed by atoms with Crippen LogP contribution in [0.1, 0.15) is 46.3 Å². The number of benzene rings is 3. The van der Waals surface area contributed by atoms with Gasteiger partial charge in [0.15, 0.2) is 5.82 Å². The Bertz CT molecular complexity index is 1820. The van der Waals surface area contributed by atoms with E-state index in [-0.39, 0.29) is 16.9 Å². The molecule has 0 bridgehead atoms. The van der Waals surface area contributed by atoms with Crippen LogP contribution in [0.2, 0.25) is 0 Å². The molecular formula is C32H26F2N4O4. The van der Waals surface area contributed by atoms with E-state index in [4.69, 9.17) is 9.15 Å². The van der Waals surface area contributed by atoms with Crippen molar-refractivity contribution in [1.29, 1.82) is 0 Å². The lowest BCUT2D eigenvalue weighted by Crippen LogP contribution is -2.36. The SMILES string of the molecule is CCOc1cc2oc(-c3ccc(F)cc3)c(C(=O)NC)c2cc1-c1ccc(F)c(C(=O)NC2(c3ncccn3)CC2)c1. The second-order valence-corrected chi connectivity index (χ2v) is 9.97. The first-order valence-electron chi connectivity index (χ1n) is 13.4. The minimum Gasteiger partial charge on any atom is -0.493 e. The van der Waals surface area contributed by atoms with Crippen LogP contribution in [0.15, 0.2) is 77.5 Å². The number of fused-ring (bicyclic) bond motifs is 1. The van der Waals surface area contributed by atoms with Crippen molar-refractivity contribution in [1.82, 2.24) is 20.6 Å². The zero-order valence-electron chi connectivity index (χ0n) is 22.8. The average Bonchev–Trinajstić information content (AvgIpc) is 3.69. The summed E-state index contributed by atoms with van der Waals surface area (Å²) in [7, 11) is 1.50. The number of halogens is 2. The van der Waals surface area contributed by atoms with Crippen LogP contribution in [0.5, 0.6) is 5.75 Å². The van der Waals surface area contributed by atoms with Crippen LogP contribution in [0.3, 0.4) is 0 Å². The highest BCUT2D eigenvalue weighted by molar-refractivity contribution is 6.12. The molecule has 6 rings (SSSR count). The molecule has 2 heterocycles. The Labute approximate surface area is 239 Å². The number of nitrogens with zero attached hydrogens (tertiary/aromatic N) is 2. The number of amides is 2. The van der Waals surface area contributed by atoms with E-state index in [0.29, 0.717) is 58.7 Å². The summed E-state index contributed by atoms with van der Waals surface area (Å²) >= 11 is 0. The summed E-state index contributed by atoms with van der Waals surface area (Å²) in [6, 6.07) is 14.9. The summed E-state index contributed by atoms with van der Waals surface area (Å²) in [5.74, 6) is -0.933. The number of hydrogen-bond acceptors (Lipinski definition) is 6. The Balaban J connectivity index is 1.45. The molecule has 2 amide bonds. The third-order valence-corrected chi connectivity index (χ3v) is 7.27. The fourth-order valence-electron chi connectivity index (χ4n) is 5.01. The third-order valence-electron chi connectivity index (χ3n) is 7.27. The number of rotatable bonds is 8. The van der Waals surface area contributed by atoms with Gasteiger partial charge in [-0.05, 0) is 73.9 Å². The maximum atomic E-state index is 15.1. The molecule has 1 aliphatic rings. The highest BCUT2D eigenvalue weighted by Gasteiger charge is 2.48. The number of ether oxygens (including phenoxy) is 1. The van der Waals surface area contributed by atoms with Crippen molar-refractivity contribution in [3.63, 3.8) is 0 Å². The van der Waals surface area contributed by atoms with E-state index in [1.807, 2.05) is 6.92 Å². The summed E-state index contributed by atoms with van der Waals surface area (Å²) in [4.78, 5) is 34.9. The molecule has 8 nitrogen and oxygen atoms in total. The lowest BCUT2D eigenvalue weighted by molar-refractivity contribution is 0.0922. The molecule has 1 aliphatic carbocycles. The molecule has 1 saturated carbocycles. The van der Waals surface area contributed by atoms with E-state index in [1.54, 1.807) is 36.7 Å². The van der Waals surface area contributed by atoms with Gasteiger partial charge in [0.1, 0.15) is 34.3 Å². The number of carbonyl (C=O) groups is 2. The summed E-state index contributed by atoms with van der Waals surface area (Å²) < 4.78 is 40.7. The third kappa shape index (κ3) is 4.85. The molecule has 0 unspecified atom stereocenters. The van der Waals surface area contributed by atoms with Gasteiger partial charge in [-0.25, -0.2) is 18.7 Å². The molecule has 10 heteroatoms. The van der Waals surface area contributed by atoms with Crippen LogP contribution >= 0.6 is 0 Å². The van der Waals surface area contributed by atoms with Crippen molar-refractivity contribution in [2.45, 2.75) is 25.3 Å². The minimum absolute atomic E-state index is 0.150. The van der Waals surface area contributed by atoms with Gasteiger partial charge in [-0.3, -0.25) is 9.59 Å². The maximum absolute atomic E-state index is 15.1. The van der Waals surface area contributed by atoms with Crippen LogP contribution in [-0.2, 0) is 5.54 Å². The molecule has 0 spiro atoms. The monoisotopic (exact) mass is 568 g/mol. The van der Waals surface area contributed by atoms with Crippen LogP contribution in [0, 0.1) is 11.6 Å². The standard InChI is InChI=1S/C32H26F2N4O4/c1-3-41-25-17-26-23(27(30(40)35-2)28(42-26)18-5-8-20(33)9-6-18)16-21(25)19-7-10-24(34)22(15-19)29(39)38-32(11-12-32)31-36-13-4-14-37-31/h4-10,13-17H,3,11-12H2,1-2H3,(H,35,40)(H,38,39). The first-order valence-corrected chi connectivity index (χ1v) is 13.4. The van der Waals surface area contributed by atoms with Crippen LogP contribution < -0.4 is 15.4 Å². The Morgan fingerprint density at radius 3 is 2.36 bits per heavy atom. The number of hydrogen-bond donors (Lipinski definition) is 2. The van der Waals surface area contributed by atoms with Gasteiger partial charge < -0.3 is 19.8 Å². The molecule has 1 fully saturated rings. The topological polar surface area (TPSA) is 106 Å². The van der Waals surface area contributed by atoms with Gasteiger partial charge in [-0.2, -0.15) is 0 Å². The Morgan fingerprint density at radius 1 is 0.976 bits per heavy atom. The van der Waals surface area contributed by atoms with Crippen molar-refractivity contribution in [2.24, 2.45) is 0 Å². The molecule has 5 aromatic rings. The Morgan fingerprint density at radius 2 is 1.69 bits per heavy atom. The molecule has 0 aliphatic heterocycles. The number of aromatic nitrogens is 2. The zero-order chi connectivity index (χ0) is 29.4. The summed E-state index contributed by atoms with van der Waals surface area (Å²) in [5, 5.41) is 6.02. The van der Waals surface area contributed by atoms with Gasteiger partial charge in [0, 0.05) is 42.0 Å². The fraction of sp³-hybridized carbons (Fsp3) is 0.188. The number of carbonyl (C=O) groups excluding carboxylic acids is 2. The number of furan rings is 1. The van der Waals surface area contributed by atoms with E-state index < -0.39 is 29.0 Å². The largest absolute Gasteiger partial charge is 0.493 e. The lowest BCUT2D eigenvalue weighted by atomic mass is 9.97. The average molecular weight is 569 g/mol. The molecule has 3 aromatic carbocycles. The molecule has 0 atom stereocenters. The van der Waals surface area contributed by atoms with Gasteiger partial charge in [0.2, 0.25) is 0 Å². The Hall–Kier alpha value is -5.12. The van der Waals surface area contributed by atoms with Crippen molar-refractivity contribution >= 4 is 22.8 Å². The fourth-order valence-corrected chi connectivity index (χ4v) is 5.01. The predicted molar refractivity (Wildman–Crippen MR) is 152 cm³/mol. The highest BCUT2D eigenvalue weighted by Crippen LogP contribution is 2.44. The van der Waals surface area contributed by atoms with Crippen molar-refractivity contribution in [3.05, 3.63) is 102 Å². The van der Waals surface area contributed by atoms with E-state index in [1.165, 1.54) is 43.4 Å². The van der Waals surface area contributed by atoms with Gasteiger partial charge in [-0.1, -0.05) is 6.07 Å². The van der Waals surface area contributed by atoms with E-state index in [0.717, 1.165) is 0 Å². The lowest BCUT2D eigenvalue weighted by Gasteiger charge is -2.17. The van der Waals surface area contributed by atoms with E-state index >= 15 is 4.39 Å². The van der Waals surface area contributed by atoms with Gasteiger partial charge in [0.25, 0.3) is 11.8 Å². The highest BCUT2D eigenvalue weighted by atomic mass is 19.1. The van der Waals surface area contributed by atoms with E-state index in [9.17, 15) is 14.0 Å². The minimum atomic E-state index is -0.730. The van der Waals surface area contributed by atoms with Crippen molar-refractivity contribution in [2.75, 3.05) is 13.7 Å². The molecule has 0 saturated heterocycles. The van der Waals surface area contributed by atoms with Gasteiger partial charge >= 0.3 is 0 Å². The molecule has 2 N–H and O–H groups in total. The first kappa shape index (κ1) is 27.1. The van der Waals surface area contributed by atoms with Gasteiger partial charge in [-0.15, -0.1) is 0 Å². The molecule has 0 radical (unpaired) electrons. The molecule has 42 heavy (non-hydrogen) atoms. The summed E-state index contributed by atoms with van der Waals surface area (Å²) in [6.45, 7) is 2.14. The quantitative estimate of drug-likeness (QED) is 0.237. The van der Waals surface area contributed by atoms with Crippen LogP contribution in [-0.4, -0.2) is 35.4 Å². The second-order valence-electron chi connectivity index (χ2n) is 9.97. The number of nitrogens with one attached hydrogen (secondary N) is 2. The smallest absolute Gasteiger partial charge is 0.255 e. The van der Waals surface area contributed by atoms with Crippen molar-refractivity contribution in [3.8, 4) is 28.2 Å². The summed E-state index contributed by atoms with van der Waals surface area (Å²) in [6.07, 6.45) is 4.50. The Kier molecular flexibility index (Phi) is 6.89. The maximum Gasteiger partial charge on any atom is 0.255 e. The molecule has 212 valence electrons. The predicted octanol–water partition coefficient (Wildman–Crippen LogP) is 6.01. The first-order chi connectivity index (χ1) is 20.3. The van der Waals surface area contributed by atoms with Gasteiger partial charge in [0.05, 0.1) is 17.7 Å². The second kappa shape index (κ2) is 10.7. The molecular weight excluding hydrogens is 542 g/mol. The van der Waals surface area contributed by atoms with Crippen molar-refractivity contribution < 1.29 is 27.5 Å².